The van der Waals surface area contributed by atoms with E-state index in [1.165, 1.54) is 12.1 Å². The largest absolute Gasteiger partial charge is 0.354 e. The van der Waals surface area contributed by atoms with Crippen LogP contribution in [-0.2, 0) is 14.8 Å². The molecule has 0 aromatic heterocycles. The number of carbonyl (C=O) groups is 2. The van der Waals surface area contributed by atoms with Crippen molar-refractivity contribution in [2.75, 3.05) is 13.1 Å². The summed E-state index contributed by atoms with van der Waals surface area (Å²) in [6, 6.07) is 4.50. The van der Waals surface area contributed by atoms with Crippen molar-refractivity contribution >= 4 is 37.8 Å². The molecular formula is C13H13BrN2O4S. The van der Waals surface area contributed by atoms with Crippen molar-refractivity contribution in [3.8, 4) is 0 Å². The van der Waals surface area contributed by atoms with E-state index in [2.05, 4.69) is 21.2 Å². The van der Waals surface area contributed by atoms with Gasteiger partial charge in [0.1, 0.15) is 4.90 Å². The van der Waals surface area contributed by atoms with Gasteiger partial charge in [-0.1, -0.05) is 15.9 Å². The zero-order valence-corrected chi connectivity index (χ0v) is 13.4. The Morgan fingerprint density at radius 1 is 1.38 bits per heavy atom. The third kappa shape index (κ3) is 2.57. The summed E-state index contributed by atoms with van der Waals surface area (Å²) in [6.07, 6.45) is 1.76. The van der Waals surface area contributed by atoms with Gasteiger partial charge in [0.05, 0.1) is 12.1 Å². The fourth-order valence-electron chi connectivity index (χ4n) is 2.25. The number of amides is 2. The number of halogens is 1. The van der Waals surface area contributed by atoms with Crippen LogP contribution in [0, 0.1) is 5.92 Å². The molecule has 8 heteroatoms. The quantitative estimate of drug-likeness (QED) is 0.858. The van der Waals surface area contributed by atoms with Crippen LogP contribution < -0.4 is 5.32 Å². The van der Waals surface area contributed by atoms with Gasteiger partial charge in [-0.25, -0.2) is 12.7 Å². The van der Waals surface area contributed by atoms with Gasteiger partial charge in [-0.2, -0.15) is 0 Å². The summed E-state index contributed by atoms with van der Waals surface area (Å²) in [5, 5.41) is 2.66. The van der Waals surface area contributed by atoms with E-state index in [-0.39, 0.29) is 35.4 Å². The summed E-state index contributed by atoms with van der Waals surface area (Å²) in [5.74, 6) is -0.560. The SMILES string of the molecule is O=C(NCCN1C(=O)c2cc(Br)ccc2S1(=O)=O)C1CC1. The maximum Gasteiger partial charge on any atom is 0.269 e. The highest BCUT2D eigenvalue weighted by atomic mass is 79.9. The number of sulfonamides is 1. The molecule has 1 fully saturated rings. The molecule has 0 bridgehead atoms. The average molecular weight is 373 g/mol. The number of rotatable bonds is 4. The molecule has 0 atom stereocenters. The Morgan fingerprint density at radius 2 is 2.10 bits per heavy atom. The zero-order chi connectivity index (χ0) is 15.2. The van der Waals surface area contributed by atoms with Crippen LogP contribution in [0.4, 0.5) is 0 Å². The second-order valence-electron chi connectivity index (χ2n) is 5.09. The summed E-state index contributed by atoms with van der Waals surface area (Å²) in [5.41, 5.74) is 0.165. The summed E-state index contributed by atoms with van der Waals surface area (Å²) < 4.78 is 26.1. The van der Waals surface area contributed by atoms with Crippen LogP contribution in [0.3, 0.4) is 0 Å². The molecule has 1 aromatic carbocycles. The number of carbonyl (C=O) groups excluding carboxylic acids is 2. The van der Waals surface area contributed by atoms with Crippen molar-refractivity contribution in [2.24, 2.45) is 5.92 Å². The number of nitrogens with one attached hydrogen (secondary N) is 1. The molecule has 112 valence electrons. The van der Waals surface area contributed by atoms with E-state index < -0.39 is 15.9 Å². The molecule has 1 heterocycles. The Labute approximate surface area is 130 Å². The summed E-state index contributed by atoms with van der Waals surface area (Å²) in [4.78, 5) is 23.7. The Bertz CT molecular complexity index is 728. The van der Waals surface area contributed by atoms with Crippen LogP contribution in [0.25, 0.3) is 0 Å². The fraction of sp³-hybridized carbons (Fsp3) is 0.385. The lowest BCUT2D eigenvalue weighted by Crippen LogP contribution is -2.38. The Kier molecular flexibility index (Phi) is 3.53. The van der Waals surface area contributed by atoms with E-state index in [4.69, 9.17) is 0 Å². The monoisotopic (exact) mass is 372 g/mol. The number of hydrogen-bond donors (Lipinski definition) is 1. The van der Waals surface area contributed by atoms with Gasteiger partial charge >= 0.3 is 0 Å². The first kappa shape index (κ1) is 14.5. The molecule has 3 rings (SSSR count). The molecule has 1 aromatic rings. The molecule has 2 amide bonds. The Hall–Kier alpha value is -1.41. The summed E-state index contributed by atoms with van der Waals surface area (Å²) in [7, 11) is -3.80. The van der Waals surface area contributed by atoms with Crippen molar-refractivity contribution in [2.45, 2.75) is 17.7 Å². The minimum Gasteiger partial charge on any atom is -0.354 e. The molecule has 1 N–H and O–H groups in total. The van der Waals surface area contributed by atoms with Crippen molar-refractivity contribution < 1.29 is 18.0 Å². The van der Waals surface area contributed by atoms with E-state index in [0.717, 1.165) is 17.1 Å². The molecule has 6 nitrogen and oxygen atoms in total. The first-order chi connectivity index (χ1) is 9.91. The molecule has 0 spiro atoms. The van der Waals surface area contributed by atoms with Gasteiger partial charge < -0.3 is 5.32 Å². The molecule has 1 aliphatic heterocycles. The van der Waals surface area contributed by atoms with Crippen LogP contribution in [0.2, 0.25) is 0 Å². The molecule has 21 heavy (non-hydrogen) atoms. The second kappa shape index (κ2) is 5.10. The lowest BCUT2D eigenvalue weighted by Gasteiger charge is -2.15. The van der Waals surface area contributed by atoms with Gasteiger partial charge in [0, 0.05) is 16.9 Å². The van der Waals surface area contributed by atoms with E-state index >= 15 is 0 Å². The fourth-order valence-corrected chi connectivity index (χ4v) is 4.16. The topological polar surface area (TPSA) is 83.6 Å². The molecule has 0 radical (unpaired) electrons. The molecule has 2 aliphatic rings. The van der Waals surface area contributed by atoms with Crippen LogP contribution in [0.1, 0.15) is 23.2 Å². The number of fused-ring (bicyclic) bond motifs is 1. The second-order valence-corrected chi connectivity index (χ2v) is 7.83. The van der Waals surface area contributed by atoms with Crippen LogP contribution in [0.15, 0.2) is 27.6 Å². The van der Waals surface area contributed by atoms with Gasteiger partial charge in [-0.05, 0) is 31.0 Å². The molecular weight excluding hydrogens is 360 g/mol. The van der Waals surface area contributed by atoms with Crippen LogP contribution in [0.5, 0.6) is 0 Å². The number of benzene rings is 1. The van der Waals surface area contributed by atoms with Crippen LogP contribution >= 0.6 is 15.9 Å². The van der Waals surface area contributed by atoms with Gasteiger partial charge in [0.2, 0.25) is 5.91 Å². The highest BCUT2D eigenvalue weighted by Crippen LogP contribution is 2.32. The smallest absolute Gasteiger partial charge is 0.269 e. The van der Waals surface area contributed by atoms with Crippen molar-refractivity contribution in [1.29, 1.82) is 0 Å². The lowest BCUT2D eigenvalue weighted by molar-refractivity contribution is -0.122. The van der Waals surface area contributed by atoms with E-state index in [1.54, 1.807) is 6.07 Å². The first-order valence-electron chi connectivity index (χ1n) is 6.55. The summed E-state index contributed by atoms with van der Waals surface area (Å²) in [6.45, 7) is 0.0847. The average Bonchev–Trinajstić information content (AvgIpc) is 3.23. The maximum absolute atomic E-state index is 12.3. The highest BCUT2D eigenvalue weighted by Gasteiger charge is 2.41. The van der Waals surface area contributed by atoms with Gasteiger partial charge in [0.25, 0.3) is 15.9 Å². The Balaban J connectivity index is 1.74. The molecule has 1 aliphatic carbocycles. The zero-order valence-electron chi connectivity index (χ0n) is 11.0. The van der Waals surface area contributed by atoms with E-state index in [1.807, 2.05) is 0 Å². The minimum atomic E-state index is -3.80. The third-order valence-electron chi connectivity index (χ3n) is 3.53. The molecule has 0 saturated heterocycles. The van der Waals surface area contributed by atoms with Gasteiger partial charge in [-0.3, -0.25) is 9.59 Å². The van der Waals surface area contributed by atoms with E-state index in [9.17, 15) is 18.0 Å². The van der Waals surface area contributed by atoms with Gasteiger partial charge in [-0.15, -0.1) is 0 Å². The van der Waals surface area contributed by atoms with Gasteiger partial charge in [0.15, 0.2) is 0 Å². The summed E-state index contributed by atoms with van der Waals surface area (Å²) >= 11 is 3.22. The Morgan fingerprint density at radius 3 is 2.76 bits per heavy atom. The molecule has 0 unspecified atom stereocenters. The van der Waals surface area contributed by atoms with Crippen LogP contribution in [-0.4, -0.2) is 37.6 Å². The third-order valence-corrected chi connectivity index (χ3v) is 5.86. The lowest BCUT2D eigenvalue weighted by atomic mass is 10.2. The standard InChI is InChI=1S/C13H13BrN2O4S/c14-9-3-4-11-10(7-9)13(18)16(21(11,19)20)6-5-15-12(17)8-1-2-8/h3-4,7-8H,1-2,5-6H2,(H,15,17). The van der Waals surface area contributed by atoms with Crippen molar-refractivity contribution in [3.05, 3.63) is 28.2 Å². The van der Waals surface area contributed by atoms with E-state index in [0.29, 0.717) is 4.47 Å². The van der Waals surface area contributed by atoms with Crippen molar-refractivity contribution in [3.63, 3.8) is 0 Å². The molecule has 1 saturated carbocycles. The number of hydrogen-bond acceptors (Lipinski definition) is 4. The van der Waals surface area contributed by atoms with Crippen molar-refractivity contribution in [1.82, 2.24) is 9.62 Å². The number of nitrogens with zero attached hydrogens (tertiary/aromatic N) is 1. The highest BCUT2D eigenvalue weighted by molar-refractivity contribution is 9.10. The normalized spacial score (nSPS) is 19.5. The first-order valence-corrected chi connectivity index (χ1v) is 8.79. The predicted octanol–water partition coefficient (Wildman–Crippen LogP) is 1.12. The maximum atomic E-state index is 12.3. The minimum absolute atomic E-state index is 0.0178. The predicted molar refractivity (Wildman–Crippen MR) is 78.1 cm³/mol.